The standard InChI is InChI=1S/C21H27N3O4/c1-15-22-19(23-28-15)12-16-6-11-27-21(14-16)7-9-24(10-8-21)20(25)17-4-3-5-18(13-17)26-2/h3-5,13,16H,6-12,14H2,1-2H3. The summed E-state index contributed by atoms with van der Waals surface area (Å²) in [5.41, 5.74) is 0.539. The molecular formula is C21H27N3O4. The van der Waals surface area contributed by atoms with Crippen molar-refractivity contribution in [3.63, 3.8) is 0 Å². The quantitative estimate of drug-likeness (QED) is 0.805. The zero-order valence-corrected chi connectivity index (χ0v) is 16.5. The van der Waals surface area contributed by atoms with Gasteiger partial charge in [-0.25, -0.2) is 0 Å². The van der Waals surface area contributed by atoms with Gasteiger partial charge in [0.15, 0.2) is 5.82 Å². The monoisotopic (exact) mass is 385 g/mol. The third-order valence-corrected chi connectivity index (χ3v) is 5.91. The second-order valence-electron chi connectivity index (χ2n) is 7.85. The molecule has 1 unspecified atom stereocenters. The summed E-state index contributed by atoms with van der Waals surface area (Å²) in [5.74, 6) is 2.65. The lowest BCUT2D eigenvalue weighted by atomic mass is 9.78. The fourth-order valence-electron chi connectivity index (χ4n) is 4.39. The first-order valence-electron chi connectivity index (χ1n) is 9.93. The third kappa shape index (κ3) is 4.04. The average molecular weight is 385 g/mol. The summed E-state index contributed by atoms with van der Waals surface area (Å²) in [5, 5.41) is 4.04. The molecular weight excluding hydrogens is 358 g/mol. The van der Waals surface area contributed by atoms with Crippen LogP contribution in [-0.2, 0) is 11.2 Å². The van der Waals surface area contributed by atoms with E-state index in [9.17, 15) is 4.79 Å². The topological polar surface area (TPSA) is 77.7 Å². The molecule has 2 fully saturated rings. The van der Waals surface area contributed by atoms with E-state index in [0.717, 1.165) is 44.5 Å². The van der Waals surface area contributed by atoms with Gasteiger partial charge in [0.2, 0.25) is 5.89 Å². The van der Waals surface area contributed by atoms with E-state index in [-0.39, 0.29) is 11.5 Å². The van der Waals surface area contributed by atoms with Gasteiger partial charge in [0.1, 0.15) is 5.75 Å². The summed E-state index contributed by atoms with van der Waals surface area (Å²) < 4.78 is 16.6. The van der Waals surface area contributed by atoms with Crippen molar-refractivity contribution in [2.24, 2.45) is 5.92 Å². The number of benzene rings is 1. The van der Waals surface area contributed by atoms with E-state index in [1.807, 2.05) is 30.0 Å². The van der Waals surface area contributed by atoms with Crippen LogP contribution in [0, 0.1) is 12.8 Å². The molecule has 1 aromatic carbocycles. The molecule has 2 aliphatic heterocycles. The summed E-state index contributed by atoms with van der Waals surface area (Å²) >= 11 is 0. The van der Waals surface area contributed by atoms with Gasteiger partial charge < -0.3 is 18.9 Å². The predicted molar refractivity (Wildman–Crippen MR) is 102 cm³/mol. The molecule has 0 saturated carbocycles. The van der Waals surface area contributed by atoms with E-state index in [4.69, 9.17) is 14.0 Å². The van der Waals surface area contributed by atoms with Crippen LogP contribution < -0.4 is 4.74 Å². The molecule has 2 saturated heterocycles. The Balaban J connectivity index is 1.36. The number of piperidine rings is 1. The summed E-state index contributed by atoms with van der Waals surface area (Å²) in [6, 6.07) is 7.34. The molecule has 0 bridgehead atoms. The highest BCUT2D eigenvalue weighted by molar-refractivity contribution is 5.94. The smallest absolute Gasteiger partial charge is 0.253 e. The van der Waals surface area contributed by atoms with Crippen molar-refractivity contribution in [3.8, 4) is 5.75 Å². The van der Waals surface area contributed by atoms with Gasteiger partial charge in [0.25, 0.3) is 5.91 Å². The van der Waals surface area contributed by atoms with Gasteiger partial charge in [-0.05, 0) is 49.8 Å². The molecule has 2 aromatic rings. The van der Waals surface area contributed by atoms with E-state index in [2.05, 4.69) is 10.1 Å². The molecule has 0 aliphatic carbocycles. The summed E-state index contributed by atoms with van der Waals surface area (Å²) in [6.07, 6.45) is 4.56. The number of methoxy groups -OCH3 is 1. The molecule has 28 heavy (non-hydrogen) atoms. The highest BCUT2D eigenvalue weighted by Crippen LogP contribution is 2.39. The number of likely N-dealkylation sites (tertiary alicyclic amines) is 1. The zero-order chi connectivity index (χ0) is 19.6. The zero-order valence-electron chi connectivity index (χ0n) is 16.5. The predicted octanol–water partition coefficient (Wildman–Crippen LogP) is 3.03. The van der Waals surface area contributed by atoms with Crippen LogP contribution in [0.1, 0.15) is 47.8 Å². The minimum absolute atomic E-state index is 0.0587. The maximum Gasteiger partial charge on any atom is 0.253 e. The van der Waals surface area contributed by atoms with Crippen molar-refractivity contribution in [3.05, 3.63) is 41.5 Å². The second kappa shape index (κ2) is 7.91. The number of ether oxygens (including phenoxy) is 2. The number of rotatable bonds is 4. The van der Waals surface area contributed by atoms with Gasteiger partial charge in [-0.1, -0.05) is 11.2 Å². The van der Waals surface area contributed by atoms with Crippen molar-refractivity contribution in [1.82, 2.24) is 15.0 Å². The molecule has 1 spiro atoms. The molecule has 1 aromatic heterocycles. The minimum atomic E-state index is -0.132. The Morgan fingerprint density at radius 1 is 1.36 bits per heavy atom. The molecule has 0 N–H and O–H groups in total. The van der Waals surface area contributed by atoms with Gasteiger partial charge in [0, 0.05) is 38.6 Å². The van der Waals surface area contributed by atoms with Crippen molar-refractivity contribution >= 4 is 5.91 Å². The van der Waals surface area contributed by atoms with E-state index in [1.165, 1.54) is 0 Å². The molecule has 2 aliphatic rings. The fourth-order valence-corrected chi connectivity index (χ4v) is 4.39. The van der Waals surface area contributed by atoms with Crippen LogP contribution in [0.25, 0.3) is 0 Å². The largest absolute Gasteiger partial charge is 0.497 e. The van der Waals surface area contributed by atoms with Crippen LogP contribution in [0.5, 0.6) is 5.75 Å². The summed E-state index contributed by atoms with van der Waals surface area (Å²) in [7, 11) is 1.61. The lowest BCUT2D eigenvalue weighted by Crippen LogP contribution is -2.51. The molecule has 3 heterocycles. The number of nitrogens with zero attached hydrogens (tertiary/aromatic N) is 3. The number of hydrogen-bond donors (Lipinski definition) is 0. The van der Waals surface area contributed by atoms with Crippen LogP contribution in [0.3, 0.4) is 0 Å². The number of aromatic nitrogens is 2. The number of carbonyl (C=O) groups is 1. The number of hydrogen-bond acceptors (Lipinski definition) is 6. The normalized spacial score (nSPS) is 21.6. The molecule has 7 heteroatoms. The summed E-state index contributed by atoms with van der Waals surface area (Å²) in [6.45, 7) is 4.00. The van der Waals surface area contributed by atoms with E-state index in [0.29, 0.717) is 36.2 Å². The SMILES string of the molecule is COc1cccc(C(=O)N2CCC3(CC2)CC(Cc2noc(C)n2)CCO3)c1. The molecule has 1 amide bonds. The van der Waals surface area contributed by atoms with Gasteiger partial charge in [-0.15, -0.1) is 0 Å². The third-order valence-electron chi connectivity index (χ3n) is 5.91. The minimum Gasteiger partial charge on any atom is -0.497 e. The van der Waals surface area contributed by atoms with E-state index < -0.39 is 0 Å². The lowest BCUT2D eigenvalue weighted by Gasteiger charge is -2.46. The van der Waals surface area contributed by atoms with Crippen LogP contribution in [0.2, 0.25) is 0 Å². The first-order valence-corrected chi connectivity index (χ1v) is 9.93. The molecule has 4 rings (SSSR count). The van der Waals surface area contributed by atoms with Crippen molar-refractivity contribution in [1.29, 1.82) is 0 Å². The van der Waals surface area contributed by atoms with Crippen molar-refractivity contribution in [2.45, 2.75) is 44.6 Å². The molecule has 150 valence electrons. The van der Waals surface area contributed by atoms with E-state index in [1.54, 1.807) is 13.2 Å². The first kappa shape index (κ1) is 18.9. The number of aryl methyl sites for hydroxylation is 1. The van der Waals surface area contributed by atoms with Gasteiger partial charge in [-0.2, -0.15) is 4.98 Å². The van der Waals surface area contributed by atoms with Crippen LogP contribution >= 0.6 is 0 Å². The maximum absolute atomic E-state index is 12.8. The second-order valence-corrected chi connectivity index (χ2v) is 7.85. The Morgan fingerprint density at radius 2 is 2.18 bits per heavy atom. The summed E-state index contributed by atoms with van der Waals surface area (Å²) in [4.78, 5) is 19.1. The highest BCUT2D eigenvalue weighted by atomic mass is 16.5. The Kier molecular flexibility index (Phi) is 5.35. The molecule has 0 radical (unpaired) electrons. The Morgan fingerprint density at radius 3 is 2.89 bits per heavy atom. The van der Waals surface area contributed by atoms with Crippen LogP contribution in [0.15, 0.2) is 28.8 Å². The van der Waals surface area contributed by atoms with E-state index >= 15 is 0 Å². The maximum atomic E-state index is 12.8. The first-order chi connectivity index (χ1) is 13.6. The average Bonchev–Trinajstić information content (AvgIpc) is 3.13. The van der Waals surface area contributed by atoms with Crippen LogP contribution in [0.4, 0.5) is 0 Å². The van der Waals surface area contributed by atoms with Gasteiger partial charge >= 0.3 is 0 Å². The number of carbonyl (C=O) groups excluding carboxylic acids is 1. The Bertz CT molecular complexity index is 827. The van der Waals surface area contributed by atoms with Gasteiger partial charge in [0.05, 0.1) is 12.7 Å². The van der Waals surface area contributed by atoms with Crippen molar-refractivity contribution in [2.75, 3.05) is 26.8 Å². The number of amides is 1. The molecule has 1 atom stereocenters. The van der Waals surface area contributed by atoms with Crippen molar-refractivity contribution < 1.29 is 18.8 Å². The lowest BCUT2D eigenvalue weighted by molar-refractivity contribution is -0.123. The van der Waals surface area contributed by atoms with Gasteiger partial charge in [-0.3, -0.25) is 4.79 Å². The van der Waals surface area contributed by atoms with Crippen LogP contribution in [-0.4, -0.2) is 53.4 Å². The Hall–Kier alpha value is -2.41. The Labute approximate surface area is 165 Å². The highest BCUT2D eigenvalue weighted by Gasteiger charge is 2.41. The fraction of sp³-hybridized carbons (Fsp3) is 0.571. The molecule has 7 nitrogen and oxygen atoms in total.